The number of aromatic nitrogens is 1. The summed E-state index contributed by atoms with van der Waals surface area (Å²) in [4.78, 5) is 49.6. The number of piperidine rings is 2. The van der Waals surface area contributed by atoms with Gasteiger partial charge in [0.25, 0.3) is 11.8 Å². The summed E-state index contributed by atoms with van der Waals surface area (Å²) in [6.07, 6.45) is 7.42. The van der Waals surface area contributed by atoms with E-state index in [0.29, 0.717) is 40.2 Å². The number of likely N-dealkylation sites (tertiary alicyclic amines) is 1. The molecule has 0 radical (unpaired) electrons. The summed E-state index contributed by atoms with van der Waals surface area (Å²) in [5.41, 5.74) is 9.57. The molecule has 3 heterocycles. The molecule has 9 nitrogen and oxygen atoms in total. The second kappa shape index (κ2) is 13.8. The Balaban J connectivity index is 1.34. The van der Waals surface area contributed by atoms with Crippen molar-refractivity contribution >= 4 is 29.1 Å². The van der Waals surface area contributed by atoms with E-state index in [1.165, 1.54) is 19.3 Å². The molecule has 0 saturated carbocycles. The van der Waals surface area contributed by atoms with E-state index in [2.05, 4.69) is 27.0 Å². The summed E-state index contributed by atoms with van der Waals surface area (Å²) >= 11 is 0. The molecule has 0 unspecified atom stereocenters. The minimum atomic E-state index is -0.543. The van der Waals surface area contributed by atoms with Crippen LogP contribution >= 0.6 is 0 Å². The van der Waals surface area contributed by atoms with Gasteiger partial charge >= 0.3 is 0 Å². The van der Waals surface area contributed by atoms with Gasteiger partial charge in [0.1, 0.15) is 0 Å². The predicted molar refractivity (Wildman–Crippen MR) is 170 cm³/mol. The van der Waals surface area contributed by atoms with Crippen LogP contribution in [0, 0.1) is 5.92 Å². The van der Waals surface area contributed by atoms with Gasteiger partial charge in [-0.1, -0.05) is 13.0 Å². The minimum absolute atomic E-state index is 0.112. The summed E-state index contributed by atoms with van der Waals surface area (Å²) in [5.74, 6) is -0.222. The first kappa shape index (κ1) is 30.2. The zero-order valence-corrected chi connectivity index (χ0v) is 25.2. The molecule has 2 aliphatic rings. The topological polar surface area (TPSA) is 112 Å². The standard InChI is InChI=1S/C34H42N6O3/c1-24-12-17-39(18-13-24)20-19-38(2)34(43)27-8-6-7-26(21-27)33(42)37-30-10-9-28(40-15-4-3-5-16-40)23-29(30)31-22-25(32(35)41)11-14-36-31/h6-11,14,21-24H,3-5,12-13,15-20H2,1-2H3,(H2,35,41)(H,37,42). The van der Waals surface area contributed by atoms with Crippen molar-refractivity contribution < 1.29 is 14.4 Å². The molecule has 3 amide bonds. The third kappa shape index (κ3) is 7.59. The van der Waals surface area contributed by atoms with E-state index in [-0.39, 0.29) is 11.8 Å². The Morgan fingerprint density at radius 1 is 0.930 bits per heavy atom. The molecular formula is C34H42N6O3. The Kier molecular flexibility index (Phi) is 9.72. The summed E-state index contributed by atoms with van der Waals surface area (Å²) in [7, 11) is 1.81. The van der Waals surface area contributed by atoms with Crippen LogP contribution in [0.4, 0.5) is 11.4 Å². The number of anilines is 2. The number of nitrogens with two attached hydrogens (primary N) is 1. The number of carbonyl (C=O) groups excluding carboxylic acids is 3. The van der Waals surface area contributed by atoms with Gasteiger partial charge in [-0.25, -0.2) is 0 Å². The molecule has 0 spiro atoms. The highest BCUT2D eigenvalue weighted by Gasteiger charge is 2.20. The quantitative estimate of drug-likeness (QED) is 0.372. The SMILES string of the molecule is CC1CCN(CCN(C)C(=O)c2cccc(C(=O)Nc3ccc(N4CCCCC4)cc3-c3cc(C(N)=O)ccn3)c2)CC1. The molecule has 2 fully saturated rings. The van der Waals surface area contributed by atoms with Gasteiger partial charge in [0.05, 0.1) is 11.4 Å². The van der Waals surface area contributed by atoms with E-state index in [9.17, 15) is 14.4 Å². The normalized spacial score (nSPS) is 16.1. The second-order valence-electron chi connectivity index (χ2n) is 11.9. The zero-order valence-electron chi connectivity index (χ0n) is 25.2. The van der Waals surface area contributed by atoms with Gasteiger partial charge in [-0.15, -0.1) is 0 Å². The molecule has 0 bridgehead atoms. The Morgan fingerprint density at radius 3 is 2.42 bits per heavy atom. The van der Waals surface area contributed by atoms with Gasteiger partial charge in [-0.2, -0.15) is 0 Å². The number of benzene rings is 2. The van der Waals surface area contributed by atoms with Crippen molar-refractivity contribution in [2.75, 3.05) is 56.5 Å². The molecular weight excluding hydrogens is 540 g/mol. The zero-order chi connectivity index (χ0) is 30.3. The summed E-state index contributed by atoms with van der Waals surface area (Å²) < 4.78 is 0. The number of hydrogen-bond donors (Lipinski definition) is 2. The Labute approximate surface area is 254 Å². The largest absolute Gasteiger partial charge is 0.372 e. The molecule has 2 saturated heterocycles. The number of carbonyl (C=O) groups is 3. The first-order chi connectivity index (χ1) is 20.8. The van der Waals surface area contributed by atoms with Crippen LogP contribution in [0.1, 0.15) is 70.1 Å². The van der Waals surface area contributed by atoms with Gasteiger partial charge in [-0.3, -0.25) is 19.4 Å². The summed E-state index contributed by atoms with van der Waals surface area (Å²) in [6, 6.07) is 15.9. The number of amides is 3. The van der Waals surface area contributed by atoms with Crippen LogP contribution in [0.15, 0.2) is 60.8 Å². The lowest BCUT2D eigenvalue weighted by Crippen LogP contribution is -2.40. The molecule has 0 atom stereocenters. The van der Waals surface area contributed by atoms with Crippen molar-refractivity contribution in [2.24, 2.45) is 11.7 Å². The summed E-state index contributed by atoms with van der Waals surface area (Å²) in [5, 5.41) is 3.03. The van der Waals surface area contributed by atoms with Crippen LogP contribution in [-0.4, -0.2) is 78.8 Å². The van der Waals surface area contributed by atoms with Gasteiger partial charge in [0.2, 0.25) is 5.91 Å². The molecule has 9 heteroatoms. The average Bonchev–Trinajstić information content (AvgIpc) is 3.04. The van der Waals surface area contributed by atoms with Gasteiger partial charge in [0, 0.05) is 67.4 Å². The first-order valence-corrected chi connectivity index (χ1v) is 15.3. The number of pyridine rings is 1. The lowest BCUT2D eigenvalue weighted by atomic mass is 9.99. The van der Waals surface area contributed by atoms with Gasteiger partial charge in [-0.05, 0) is 99.6 Å². The van der Waals surface area contributed by atoms with Crippen molar-refractivity contribution in [3.63, 3.8) is 0 Å². The summed E-state index contributed by atoms with van der Waals surface area (Å²) in [6.45, 7) is 7.84. The predicted octanol–water partition coefficient (Wildman–Crippen LogP) is 4.89. The monoisotopic (exact) mass is 582 g/mol. The first-order valence-electron chi connectivity index (χ1n) is 15.3. The highest BCUT2D eigenvalue weighted by atomic mass is 16.2. The fourth-order valence-corrected chi connectivity index (χ4v) is 5.82. The van der Waals surface area contributed by atoms with Crippen molar-refractivity contribution in [1.82, 2.24) is 14.8 Å². The maximum absolute atomic E-state index is 13.5. The number of likely N-dealkylation sites (N-methyl/N-ethyl adjacent to an activating group) is 1. The van der Waals surface area contributed by atoms with Crippen LogP contribution in [0.5, 0.6) is 0 Å². The smallest absolute Gasteiger partial charge is 0.255 e. The molecule has 226 valence electrons. The number of rotatable bonds is 9. The van der Waals surface area contributed by atoms with E-state index >= 15 is 0 Å². The molecule has 2 aromatic carbocycles. The van der Waals surface area contributed by atoms with Crippen molar-refractivity contribution in [2.45, 2.75) is 39.0 Å². The third-order valence-corrected chi connectivity index (χ3v) is 8.64. The number of nitrogens with one attached hydrogen (secondary N) is 1. The molecule has 0 aliphatic carbocycles. The van der Waals surface area contributed by atoms with Gasteiger partial charge in [0.15, 0.2) is 0 Å². The second-order valence-corrected chi connectivity index (χ2v) is 11.9. The Hall–Kier alpha value is -4.24. The number of primary amides is 1. The maximum Gasteiger partial charge on any atom is 0.255 e. The van der Waals surface area contributed by atoms with Crippen LogP contribution < -0.4 is 16.0 Å². The van der Waals surface area contributed by atoms with Crippen molar-refractivity contribution in [1.29, 1.82) is 0 Å². The average molecular weight is 583 g/mol. The van der Waals surface area contributed by atoms with Crippen molar-refractivity contribution in [3.8, 4) is 11.3 Å². The van der Waals surface area contributed by atoms with E-state index in [0.717, 1.165) is 57.2 Å². The van der Waals surface area contributed by atoms with E-state index < -0.39 is 5.91 Å². The Morgan fingerprint density at radius 2 is 1.67 bits per heavy atom. The van der Waals surface area contributed by atoms with Crippen molar-refractivity contribution in [3.05, 3.63) is 77.5 Å². The Bertz CT molecular complexity index is 1460. The molecule has 3 aromatic rings. The fourth-order valence-electron chi connectivity index (χ4n) is 5.82. The van der Waals surface area contributed by atoms with Crippen LogP contribution in [0.2, 0.25) is 0 Å². The lowest BCUT2D eigenvalue weighted by Gasteiger charge is -2.31. The molecule has 5 rings (SSSR count). The van der Waals surface area contributed by atoms with Crippen LogP contribution in [0.3, 0.4) is 0 Å². The maximum atomic E-state index is 13.5. The van der Waals surface area contributed by atoms with Gasteiger partial charge < -0.3 is 25.8 Å². The molecule has 43 heavy (non-hydrogen) atoms. The molecule has 3 N–H and O–H groups in total. The molecule has 1 aromatic heterocycles. The van der Waals surface area contributed by atoms with E-state index in [1.54, 1.807) is 47.5 Å². The van der Waals surface area contributed by atoms with E-state index in [1.807, 2.05) is 25.2 Å². The van der Waals surface area contributed by atoms with Crippen LogP contribution in [0.25, 0.3) is 11.3 Å². The van der Waals surface area contributed by atoms with Crippen LogP contribution in [-0.2, 0) is 0 Å². The van der Waals surface area contributed by atoms with E-state index in [4.69, 9.17) is 5.73 Å². The highest BCUT2D eigenvalue weighted by Crippen LogP contribution is 2.33. The molecule has 2 aliphatic heterocycles. The lowest BCUT2D eigenvalue weighted by molar-refractivity contribution is 0.0767. The fraction of sp³-hybridized carbons (Fsp3) is 0.412. The third-order valence-electron chi connectivity index (χ3n) is 8.64. The minimum Gasteiger partial charge on any atom is -0.372 e. The number of hydrogen-bond acceptors (Lipinski definition) is 6. The number of nitrogens with zero attached hydrogens (tertiary/aromatic N) is 4. The highest BCUT2D eigenvalue weighted by molar-refractivity contribution is 6.08.